The minimum Gasteiger partial charge on any atom is 0 e. The van der Waals surface area contributed by atoms with Gasteiger partial charge in [0.1, 0.15) is 0 Å². The first-order chi connectivity index (χ1) is 0. The predicted octanol–water partition coefficient (Wildman–Crippen LogP) is -0.0410. The fourth-order valence-electron chi connectivity index (χ4n) is 0. The Morgan fingerprint density at radius 3 is 0.625 bits per heavy atom. The van der Waals surface area contributed by atoms with E-state index >= 15 is 0 Å². The van der Waals surface area contributed by atoms with E-state index in [0.29, 0.717) is 0 Å². The van der Waals surface area contributed by atoms with Crippen LogP contribution in [0.1, 0.15) is 0 Å². The van der Waals surface area contributed by atoms with Crippen LogP contribution in [0.25, 0.3) is 0 Å². The second-order valence-electron chi connectivity index (χ2n) is 0. The van der Waals surface area contributed by atoms with Crippen LogP contribution in [0.2, 0.25) is 0 Å². The topological polar surface area (TPSA) is 0 Å². The molecule has 0 fully saturated rings. The molecule has 0 bridgehead atoms. The Balaban J connectivity index is 0. The van der Waals surface area contributed by atoms with E-state index in [1.165, 1.54) is 0 Å². The number of hydrogen-bond donors (Lipinski definition) is 0. The van der Waals surface area contributed by atoms with Crippen LogP contribution >= 0.6 is 0 Å². The molecule has 0 unspecified atom stereocenters. The smallest absolute Gasteiger partial charge is 0 e. The fraction of sp³-hybridized carbons (Fsp3) is 0. The van der Waals surface area contributed by atoms with E-state index in [2.05, 4.69) is 0 Å². The molecule has 0 heterocycles. The molecular formula is H5ErF4NaYYb. The van der Waals surface area contributed by atoms with E-state index < -0.39 is 0 Å². The third-order valence-corrected chi connectivity index (χ3v) is 0. The molecule has 0 aromatic rings. The van der Waals surface area contributed by atoms with Crippen molar-refractivity contribution in [3.63, 3.8) is 0 Å². The van der Waals surface area contributed by atoms with Crippen LogP contribution in [-0.2, 0) is 32.7 Å². The Morgan fingerprint density at radius 1 is 0.625 bits per heavy atom. The molecule has 0 amide bonds. The zero-order valence-corrected chi connectivity index (χ0v) is 9.17. The van der Waals surface area contributed by atoms with Gasteiger partial charge in [-0.15, -0.1) is 0 Å². The molecular weight excluding hydrogens is 528 g/mol. The van der Waals surface area contributed by atoms with Crippen molar-refractivity contribution >= 4 is 29.6 Å². The Morgan fingerprint density at radius 2 is 0.625 bits per heavy atom. The summed E-state index contributed by atoms with van der Waals surface area (Å²) in [5, 5.41) is 0. The summed E-state index contributed by atoms with van der Waals surface area (Å²) in [6, 6.07) is 0. The Bertz CT molecular complexity index is 16.0. The van der Waals surface area contributed by atoms with Gasteiger partial charge in [0.15, 0.2) is 0 Å². The van der Waals surface area contributed by atoms with Crippen molar-refractivity contribution in [1.82, 2.24) is 0 Å². The molecule has 0 atom stereocenters. The van der Waals surface area contributed by atoms with Gasteiger partial charge >= 0.3 is 29.6 Å². The van der Waals surface area contributed by atoms with Crippen molar-refractivity contribution in [2.45, 2.75) is 0 Å². The number of halogens is 4. The van der Waals surface area contributed by atoms with Crippen molar-refractivity contribution in [3.8, 4) is 0 Å². The fourth-order valence-corrected chi connectivity index (χ4v) is 0. The molecule has 0 nitrogen and oxygen atoms in total. The van der Waals surface area contributed by atoms with E-state index in [-0.39, 0.29) is 165 Å². The third-order valence-electron chi connectivity index (χ3n) is 0. The molecule has 0 saturated heterocycles. The van der Waals surface area contributed by atoms with Crippen LogP contribution in [0, 0.1) is 84.2 Å². The standard InChI is InChI=1S/Er.4FH.Na.Y.Yb.H/h;4*1H;;;;. The summed E-state index contributed by atoms with van der Waals surface area (Å²) in [5.74, 6) is 0. The number of rotatable bonds is 0. The van der Waals surface area contributed by atoms with Crippen molar-refractivity contribution in [3.05, 3.63) is 0 Å². The van der Waals surface area contributed by atoms with Crippen molar-refractivity contribution < 1.29 is 136 Å². The van der Waals surface area contributed by atoms with Gasteiger partial charge in [-0.3, -0.25) is 18.8 Å². The maximum Gasteiger partial charge on any atom is 0 e. The van der Waals surface area contributed by atoms with E-state index in [4.69, 9.17) is 0 Å². The van der Waals surface area contributed by atoms with Crippen LogP contribution in [0.3, 0.4) is 0 Å². The van der Waals surface area contributed by atoms with Crippen LogP contribution in [-0.4, -0.2) is 29.6 Å². The quantitative estimate of drug-likeness (QED) is 0.303. The molecule has 0 aliphatic carbocycles. The van der Waals surface area contributed by atoms with Gasteiger partial charge in [-0.2, -0.15) is 0 Å². The van der Waals surface area contributed by atoms with E-state index in [1.807, 2.05) is 0 Å². The van der Waals surface area contributed by atoms with Crippen molar-refractivity contribution in [1.29, 1.82) is 0 Å². The van der Waals surface area contributed by atoms with Gasteiger partial charge in [-0.05, 0) is 0 Å². The van der Waals surface area contributed by atoms with Gasteiger partial charge in [-0.1, -0.05) is 0 Å². The van der Waals surface area contributed by atoms with Gasteiger partial charge in [0.25, 0.3) is 0 Å². The van der Waals surface area contributed by atoms with Gasteiger partial charge in [0, 0.05) is 117 Å². The maximum atomic E-state index is 0. The van der Waals surface area contributed by atoms with Crippen LogP contribution in [0.15, 0.2) is 0 Å². The Kier molecular flexibility index (Phi) is 619. The van der Waals surface area contributed by atoms with Gasteiger partial charge in [0.2, 0.25) is 0 Å². The summed E-state index contributed by atoms with van der Waals surface area (Å²) in [6.07, 6.45) is 0. The van der Waals surface area contributed by atoms with Gasteiger partial charge in [-0.25, -0.2) is 0 Å². The summed E-state index contributed by atoms with van der Waals surface area (Å²) >= 11 is 0. The average molecular weight is 533 g/mol. The van der Waals surface area contributed by atoms with Crippen molar-refractivity contribution in [2.75, 3.05) is 0 Å². The second kappa shape index (κ2) is 61.7. The van der Waals surface area contributed by atoms with Crippen molar-refractivity contribution in [2.24, 2.45) is 0 Å². The maximum absolute atomic E-state index is 0. The monoisotopic (exact) mass is 533 g/mol. The summed E-state index contributed by atoms with van der Waals surface area (Å²) in [6.45, 7) is 0. The Hall–Kier alpha value is 4.59. The van der Waals surface area contributed by atoms with Crippen LogP contribution < -0.4 is 0 Å². The Labute approximate surface area is 161 Å². The molecule has 0 saturated carbocycles. The molecule has 8 heavy (non-hydrogen) atoms. The predicted molar refractivity (Wildman–Crippen MR) is 17.2 cm³/mol. The minimum atomic E-state index is 0. The van der Waals surface area contributed by atoms with Crippen LogP contribution in [0.5, 0.6) is 0 Å². The zero-order valence-electron chi connectivity index (χ0n) is 2.77. The molecule has 1 radical (unpaired) electrons. The summed E-state index contributed by atoms with van der Waals surface area (Å²) in [5.41, 5.74) is 0. The SMILES string of the molecule is F.F.F.F.[Er].[NaH].[Y].[Yb]. The molecule has 0 aliphatic heterocycles. The largest absolute Gasteiger partial charge is 0 e. The zero-order chi connectivity index (χ0) is 0. The molecule has 0 spiro atoms. The first-order valence-corrected chi connectivity index (χ1v) is 0. The first kappa shape index (κ1) is 80.3. The first-order valence-electron chi connectivity index (χ1n) is 0. The van der Waals surface area contributed by atoms with Crippen LogP contribution in [0.4, 0.5) is 18.8 Å². The molecule has 0 aromatic heterocycles. The van der Waals surface area contributed by atoms with Gasteiger partial charge < -0.3 is 0 Å². The molecule has 0 aromatic carbocycles. The summed E-state index contributed by atoms with van der Waals surface area (Å²) in [7, 11) is 0. The molecule has 0 rings (SSSR count). The minimum absolute atomic E-state index is 0. The number of hydrogen-bond acceptors (Lipinski definition) is 0. The van der Waals surface area contributed by atoms with E-state index in [0.717, 1.165) is 0 Å². The second-order valence-corrected chi connectivity index (χ2v) is 0. The van der Waals surface area contributed by atoms with Gasteiger partial charge in [0.05, 0.1) is 0 Å². The molecule has 63 valence electrons. The van der Waals surface area contributed by atoms with E-state index in [1.54, 1.807) is 0 Å². The molecule has 0 aliphatic rings. The summed E-state index contributed by atoms with van der Waals surface area (Å²) < 4.78 is 0. The molecule has 0 N–H and O–H groups in total. The normalized spacial score (nSPS) is 0. The molecule has 8 heteroatoms. The van der Waals surface area contributed by atoms with E-state index in [9.17, 15) is 0 Å². The summed E-state index contributed by atoms with van der Waals surface area (Å²) in [4.78, 5) is 0. The average Bonchev–Trinajstić information content (AvgIpc) is 0. The third kappa shape index (κ3) is 46.2.